The van der Waals surface area contributed by atoms with E-state index in [1.54, 1.807) is 0 Å². The summed E-state index contributed by atoms with van der Waals surface area (Å²) in [5.74, 6) is -0.0862. The molecule has 1 aliphatic rings. The fourth-order valence-corrected chi connectivity index (χ4v) is 2.16. The van der Waals surface area contributed by atoms with Gasteiger partial charge in [-0.1, -0.05) is 19.1 Å². The van der Waals surface area contributed by atoms with Crippen LogP contribution in [0.25, 0.3) is 0 Å². The molecule has 4 nitrogen and oxygen atoms in total. The van der Waals surface area contributed by atoms with E-state index in [9.17, 15) is 4.79 Å². The summed E-state index contributed by atoms with van der Waals surface area (Å²) in [7, 11) is 1.86. The minimum Gasteiger partial charge on any atom is -0.379 e. The zero-order chi connectivity index (χ0) is 13.0. The molecule has 98 valence electrons. The molecule has 2 rings (SSSR count). The van der Waals surface area contributed by atoms with Gasteiger partial charge in [0.05, 0.1) is 19.1 Å². The van der Waals surface area contributed by atoms with E-state index in [1.165, 1.54) is 5.56 Å². The Kier molecular flexibility index (Phi) is 4.33. The molecule has 1 heterocycles. The lowest BCUT2D eigenvalue weighted by atomic mass is 10.0. The van der Waals surface area contributed by atoms with Crippen molar-refractivity contribution in [2.45, 2.75) is 19.4 Å². The van der Waals surface area contributed by atoms with Crippen LogP contribution in [-0.4, -0.2) is 32.2 Å². The van der Waals surface area contributed by atoms with Gasteiger partial charge >= 0.3 is 0 Å². The normalized spacial score (nSPS) is 23.0. The van der Waals surface area contributed by atoms with Crippen molar-refractivity contribution in [1.82, 2.24) is 5.32 Å². The van der Waals surface area contributed by atoms with Gasteiger partial charge < -0.3 is 15.4 Å². The molecular formula is C14H20N2O2. The molecule has 0 aliphatic carbocycles. The maximum atomic E-state index is 12.1. The van der Waals surface area contributed by atoms with Gasteiger partial charge in [0, 0.05) is 11.7 Å². The Morgan fingerprint density at radius 2 is 2.06 bits per heavy atom. The molecule has 18 heavy (non-hydrogen) atoms. The molecule has 1 aromatic carbocycles. The molecule has 0 saturated carbocycles. The van der Waals surface area contributed by atoms with Crippen LogP contribution in [0.15, 0.2) is 24.3 Å². The van der Waals surface area contributed by atoms with Crippen LogP contribution in [0.1, 0.15) is 12.5 Å². The maximum absolute atomic E-state index is 12.1. The maximum Gasteiger partial charge on any atom is 0.231 e. The molecule has 0 bridgehead atoms. The molecule has 1 aromatic rings. The predicted molar refractivity (Wildman–Crippen MR) is 71.6 cm³/mol. The number of rotatable bonds is 4. The Morgan fingerprint density at radius 3 is 2.67 bits per heavy atom. The van der Waals surface area contributed by atoms with Crippen LogP contribution in [0.5, 0.6) is 0 Å². The highest BCUT2D eigenvalue weighted by molar-refractivity contribution is 5.93. The summed E-state index contributed by atoms with van der Waals surface area (Å²) in [6.07, 6.45) is 1.01. The highest BCUT2D eigenvalue weighted by atomic mass is 16.5. The SMILES string of the molecule is CCc1ccc(NC(=O)C2COCC2NC)cc1. The summed E-state index contributed by atoms with van der Waals surface area (Å²) in [4.78, 5) is 12.1. The first-order valence-electron chi connectivity index (χ1n) is 6.39. The Bertz CT molecular complexity index is 403. The van der Waals surface area contributed by atoms with Crippen LogP contribution in [0.4, 0.5) is 5.69 Å². The molecule has 1 amide bonds. The number of amides is 1. The second-order valence-electron chi connectivity index (χ2n) is 4.58. The van der Waals surface area contributed by atoms with Crippen molar-refractivity contribution in [2.75, 3.05) is 25.6 Å². The van der Waals surface area contributed by atoms with E-state index in [0.29, 0.717) is 13.2 Å². The van der Waals surface area contributed by atoms with Crippen LogP contribution < -0.4 is 10.6 Å². The number of carbonyl (C=O) groups excluding carboxylic acids is 1. The first-order chi connectivity index (χ1) is 8.74. The fraction of sp³-hybridized carbons (Fsp3) is 0.500. The molecule has 0 radical (unpaired) electrons. The van der Waals surface area contributed by atoms with Gasteiger partial charge in [0.25, 0.3) is 0 Å². The van der Waals surface area contributed by atoms with Crippen molar-refractivity contribution < 1.29 is 9.53 Å². The average Bonchev–Trinajstić information content (AvgIpc) is 2.88. The lowest BCUT2D eigenvalue weighted by molar-refractivity contribution is -0.120. The van der Waals surface area contributed by atoms with Gasteiger partial charge in [0.15, 0.2) is 0 Å². The van der Waals surface area contributed by atoms with Crippen LogP contribution in [0.3, 0.4) is 0 Å². The second-order valence-corrected chi connectivity index (χ2v) is 4.58. The van der Waals surface area contributed by atoms with E-state index >= 15 is 0 Å². The van der Waals surface area contributed by atoms with Gasteiger partial charge in [-0.3, -0.25) is 4.79 Å². The van der Waals surface area contributed by atoms with Crippen molar-refractivity contribution in [3.63, 3.8) is 0 Å². The van der Waals surface area contributed by atoms with Gasteiger partial charge in [0.2, 0.25) is 5.91 Å². The highest BCUT2D eigenvalue weighted by Crippen LogP contribution is 2.17. The van der Waals surface area contributed by atoms with E-state index < -0.39 is 0 Å². The molecule has 2 atom stereocenters. The lowest BCUT2D eigenvalue weighted by Crippen LogP contribution is -2.39. The van der Waals surface area contributed by atoms with E-state index in [0.717, 1.165) is 12.1 Å². The number of benzene rings is 1. The fourth-order valence-electron chi connectivity index (χ4n) is 2.16. The zero-order valence-corrected chi connectivity index (χ0v) is 10.9. The number of ether oxygens (including phenoxy) is 1. The Hall–Kier alpha value is -1.39. The number of hydrogen-bond donors (Lipinski definition) is 2. The van der Waals surface area contributed by atoms with Crippen molar-refractivity contribution in [2.24, 2.45) is 5.92 Å². The molecule has 1 aliphatic heterocycles. The molecule has 0 aromatic heterocycles. The van der Waals surface area contributed by atoms with E-state index in [4.69, 9.17) is 4.74 Å². The third-order valence-corrected chi connectivity index (χ3v) is 3.42. The summed E-state index contributed by atoms with van der Waals surface area (Å²) in [5, 5.41) is 6.05. The Morgan fingerprint density at radius 1 is 1.33 bits per heavy atom. The van der Waals surface area contributed by atoms with Gasteiger partial charge in [-0.2, -0.15) is 0 Å². The predicted octanol–water partition coefficient (Wildman–Crippen LogP) is 1.42. The van der Waals surface area contributed by atoms with Gasteiger partial charge in [0.1, 0.15) is 0 Å². The van der Waals surface area contributed by atoms with Gasteiger partial charge in [-0.25, -0.2) is 0 Å². The van der Waals surface area contributed by atoms with Crippen LogP contribution in [0.2, 0.25) is 0 Å². The van der Waals surface area contributed by atoms with Crippen molar-refractivity contribution in [1.29, 1.82) is 0 Å². The van der Waals surface area contributed by atoms with Crippen LogP contribution >= 0.6 is 0 Å². The van der Waals surface area contributed by atoms with Crippen molar-refractivity contribution >= 4 is 11.6 Å². The summed E-state index contributed by atoms with van der Waals surface area (Å²) in [6.45, 7) is 3.20. The first-order valence-corrected chi connectivity index (χ1v) is 6.39. The van der Waals surface area contributed by atoms with Gasteiger partial charge in [-0.15, -0.1) is 0 Å². The number of nitrogens with one attached hydrogen (secondary N) is 2. The zero-order valence-electron chi connectivity index (χ0n) is 10.9. The minimum absolute atomic E-state index is 0.0242. The van der Waals surface area contributed by atoms with Crippen LogP contribution in [-0.2, 0) is 16.0 Å². The number of carbonyl (C=O) groups is 1. The molecular weight excluding hydrogens is 228 g/mol. The molecule has 4 heteroatoms. The number of likely N-dealkylation sites (N-methyl/N-ethyl adjacent to an activating group) is 1. The topological polar surface area (TPSA) is 50.4 Å². The molecule has 1 fully saturated rings. The van der Waals surface area contributed by atoms with Crippen molar-refractivity contribution in [3.8, 4) is 0 Å². The number of hydrogen-bond acceptors (Lipinski definition) is 3. The average molecular weight is 248 g/mol. The van der Waals surface area contributed by atoms with E-state index in [2.05, 4.69) is 17.6 Å². The summed E-state index contributed by atoms with van der Waals surface area (Å²) < 4.78 is 5.33. The third-order valence-electron chi connectivity index (χ3n) is 3.42. The van der Waals surface area contributed by atoms with Crippen LogP contribution in [0, 0.1) is 5.92 Å². The monoisotopic (exact) mass is 248 g/mol. The third kappa shape index (κ3) is 2.89. The van der Waals surface area contributed by atoms with Gasteiger partial charge in [-0.05, 0) is 31.2 Å². The highest BCUT2D eigenvalue weighted by Gasteiger charge is 2.32. The summed E-state index contributed by atoms with van der Waals surface area (Å²) in [5.41, 5.74) is 2.12. The Labute approximate surface area is 108 Å². The molecule has 1 saturated heterocycles. The van der Waals surface area contributed by atoms with E-state index in [-0.39, 0.29) is 17.9 Å². The summed E-state index contributed by atoms with van der Waals surface area (Å²) in [6, 6.07) is 8.08. The standard InChI is InChI=1S/C14H20N2O2/c1-3-10-4-6-11(7-5-10)16-14(17)12-8-18-9-13(12)15-2/h4-7,12-13,15H,3,8-9H2,1-2H3,(H,16,17). The lowest BCUT2D eigenvalue weighted by Gasteiger charge is -2.16. The molecule has 2 unspecified atom stereocenters. The molecule has 2 N–H and O–H groups in total. The minimum atomic E-state index is -0.110. The second kappa shape index (κ2) is 5.98. The first kappa shape index (κ1) is 13.1. The number of aryl methyl sites for hydroxylation is 1. The van der Waals surface area contributed by atoms with Crippen molar-refractivity contribution in [3.05, 3.63) is 29.8 Å². The smallest absolute Gasteiger partial charge is 0.231 e. The largest absolute Gasteiger partial charge is 0.379 e. The Balaban J connectivity index is 1.97. The van der Waals surface area contributed by atoms with E-state index in [1.807, 2.05) is 31.3 Å². The summed E-state index contributed by atoms with van der Waals surface area (Å²) >= 11 is 0. The number of anilines is 1. The molecule has 0 spiro atoms. The quantitative estimate of drug-likeness (QED) is 0.847.